The molecular formula is C15H23NS. The van der Waals surface area contributed by atoms with Crippen LogP contribution in [-0.2, 0) is 11.2 Å². The van der Waals surface area contributed by atoms with E-state index in [2.05, 4.69) is 50.7 Å². The van der Waals surface area contributed by atoms with Crippen LogP contribution in [0, 0.1) is 0 Å². The van der Waals surface area contributed by atoms with E-state index >= 15 is 0 Å². The van der Waals surface area contributed by atoms with Crippen LogP contribution in [0.25, 0.3) is 0 Å². The molecule has 1 heterocycles. The van der Waals surface area contributed by atoms with Gasteiger partial charge in [-0.25, -0.2) is 0 Å². The number of nitrogens with zero attached hydrogens (tertiary/aromatic N) is 1. The van der Waals surface area contributed by atoms with E-state index in [4.69, 9.17) is 0 Å². The normalized spacial score (nSPS) is 11.5. The average Bonchev–Trinajstić information content (AvgIpc) is 2.36. The van der Waals surface area contributed by atoms with Crippen molar-refractivity contribution < 1.29 is 0 Å². The van der Waals surface area contributed by atoms with Crippen LogP contribution in [0.15, 0.2) is 30.5 Å². The van der Waals surface area contributed by atoms with Gasteiger partial charge in [0.2, 0.25) is 0 Å². The minimum absolute atomic E-state index is 0.103. The lowest BCUT2D eigenvalue weighted by Gasteiger charge is -2.21. The van der Waals surface area contributed by atoms with Crippen LogP contribution in [0.1, 0.15) is 44.9 Å². The Kier molecular flexibility index (Phi) is 5.26. The number of thioether (sulfide) groups is 1. The largest absolute Gasteiger partial charge is 0.260 e. The van der Waals surface area contributed by atoms with Crippen molar-refractivity contribution in [3.05, 3.63) is 41.7 Å². The number of pyridine rings is 1. The van der Waals surface area contributed by atoms with Gasteiger partial charge in [-0.15, -0.1) is 0 Å². The molecule has 0 spiro atoms. The van der Waals surface area contributed by atoms with E-state index < -0.39 is 0 Å². The standard InChI is InChI=1S/C15H23NS/c1-6-12(2)7-8-13-9-10-14(16-11-13)15(3,4)17-5/h9-11H,2,6-8H2,1,3-5H3. The van der Waals surface area contributed by atoms with E-state index in [1.807, 2.05) is 18.0 Å². The van der Waals surface area contributed by atoms with E-state index in [9.17, 15) is 0 Å². The maximum absolute atomic E-state index is 4.57. The first-order valence-electron chi connectivity index (χ1n) is 6.16. The zero-order valence-electron chi connectivity index (χ0n) is 11.4. The summed E-state index contributed by atoms with van der Waals surface area (Å²) in [5.74, 6) is 0. The quantitative estimate of drug-likeness (QED) is 0.685. The van der Waals surface area contributed by atoms with Crippen LogP contribution >= 0.6 is 11.8 Å². The highest BCUT2D eigenvalue weighted by molar-refractivity contribution is 7.99. The average molecular weight is 249 g/mol. The molecule has 1 aromatic rings. The van der Waals surface area contributed by atoms with Gasteiger partial charge in [-0.1, -0.05) is 25.1 Å². The molecule has 0 N–H and O–H groups in total. The Bertz CT molecular complexity index is 365. The van der Waals surface area contributed by atoms with Gasteiger partial charge < -0.3 is 0 Å². The molecule has 0 bridgehead atoms. The van der Waals surface area contributed by atoms with Gasteiger partial charge >= 0.3 is 0 Å². The van der Waals surface area contributed by atoms with Gasteiger partial charge in [0, 0.05) is 6.20 Å². The number of hydrogen-bond donors (Lipinski definition) is 0. The van der Waals surface area contributed by atoms with Crippen molar-refractivity contribution in [1.82, 2.24) is 4.98 Å². The van der Waals surface area contributed by atoms with Crippen molar-refractivity contribution in [1.29, 1.82) is 0 Å². The summed E-state index contributed by atoms with van der Waals surface area (Å²) in [5.41, 5.74) is 3.78. The molecule has 0 saturated carbocycles. The zero-order chi connectivity index (χ0) is 12.9. The van der Waals surface area contributed by atoms with E-state index in [-0.39, 0.29) is 4.75 Å². The fourth-order valence-corrected chi connectivity index (χ4v) is 1.86. The third-order valence-electron chi connectivity index (χ3n) is 3.22. The van der Waals surface area contributed by atoms with Crippen molar-refractivity contribution in [2.24, 2.45) is 0 Å². The first kappa shape index (κ1) is 14.3. The highest BCUT2D eigenvalue weighted by Gasteiger charge is 2.19. The van der Waals surface area contributed by atoms with Crippen molar-refractivity contribution in [2.45, 2.75) is 44.8 Å². The van der Waals surface area contributed by atoms with E-state index in [1.165, 1.54) is 11.1 Å². The fraction of sp³-hybridized carbons (Fsp3) is 0.533. The number of hydrogen-bond acceptors (Lipinski definition) is 2. The van der Waals surface area contributed by atoms with Crippen LogP contribution in [0.3, 0.4) is 0 Å². The van der Waals surface area contributed by atoms with Crippen LogP contribution in [0.5, 0.6) is 0 Å². The van der Waals surface area contributed by atoms with Gasteiger partial charge in [-0.05, 0) is 51.0 Å². The van der Waals surface area contributed by atoms with Crippen LogP contribution in [0.4, 0.5) is 0 Å². The fourth-order valence-electron chi connectivity index (χ4n) is 1.53. The smallest absolute Gasteiger partial charge is 0.0558 e. The predicted octanol–water partition coefficient (Wildman–Crippen LogP) is 4.58. The molecule has 0 aromatic carbocycles. The van der Waals surface area contributed by atoms with Gasteiger partial charge in [-0.3, -0.25) is 4.98 Å². The Morgan fingerprint density at radius 3 is 2.59 bits per heavy atom. The summed E-state index contributed by atoms with van der Waals surface area (Å²) in [6.07, 6.45) is 7.34. The van der Waals surface area contributed by atoms with Crippen molar-refractivity contribution in [2.75, 3.05) is 6.26 Å². The lowest BCUT2D eigenvalue weighted by molar-refractivity contribution is 0.745. The highest BCUT2D eigenvalue weighted by Crippen LogP contribution is 2.31. The van der Waals surface area contributed by atoms with Gasteiger partial charge in [-0.2, -0.15) is 11.8 Å². The van der Waals surface area contributed by atoms with E-state index in [0.29, 0.717) is 0 Å². The van der Waals surface area contributed by atoms with Crippen LogP contribution in [0.2, 0.25) is 0 Å². The summed E-state index contributed by atoms with van der Waals surface area (Å²) < 4.78 is 0.103. The van der Waals surface area contributed by atoms with Crippen molar-refractivity contribution in [3.8, 4) is 0 Å². The van der Waals surface area contributed by atoms with Gasteiger partial charge in [0.25, 0.3) is 0 Å². The molecule has 1 rings (SSSR count). The molecule has 0 saturated heterocycles. The van der Waals surface area contributed by atoms with Crippen LogP contribution < -0.4 is 0 Å². The molecule has 17 heavy (non-hydrogen) atoms. The first-order valence-corrected chi connectivity index (χ1v) is 7.39. The summed E-state index contributed by atoms with van der Waals surface area (Å²) >= 11 is 1.83. The first-order chi connectivity index (χ1) is 7.99. The molecule has 0 aliphatic rings. The molecule has 0 aliphatic heterocycles. The van der Waals surface area contributed by atoms with E-state index in [1.54, 1.807) is 0 Å². The van der Waals surface area contributed by atoms with Crippen LogP contribution in [-0.4, -0.2) is 11.2 Å². The Morgan fingerprint density at radius 1 is 1.41 bits per heavy atom. The SMILES string of the molecule is C=C(CC)CCc1ccc(C(C)(C)SC)nc1. The molecule has 2 heteroatoms. The molecule has 1 aromatic heterocycles. The molecule has 0 aliphatic carbocycles. The third kappa shape index (κ3) is 4.19. The molecule has 0 fully saturated rings. The lowest BCUT2D eigenvalue weighted by atomic mass is 10.0. The molecular weight excluding hydrogens is 226 g/mol. The summed E-state index contributed by atoms with van der Waals surface area (Å²) in [7, 11) is 0. The molecule has 0 radical (unpaired) electrons. The molecule has 0 amide bonds. The molecule has 0 unspecified atom stereocenters. The minimum Gasteiger partial charge on any atom is -0.260 e. The Balaban J connectivity index is 2.65. The highest BCUT2D eigenvalue weighted by atomic mass is 32.2. The summed E-state index contributed by atoms with van der Waals surface area (Å²) in [6.45, 7) is 10.6. The van der Waals surface area contributed by atoms with Crippen molar-refractivity contribution >= 4 is 11.8 Å². The monoisotopic (exact) mass is 249 g/mol. The summed E-state index contributed by atoms with van der Waals surface area (Å²) in [5, 5.41) is 0. The second kappa shape index (κ2) is 6.25. The Labute approximate surface area is 110 Å². The Hall–Kier alpha value is -0.760. The summed E-state index contributed by atoms with van der Waals surface area (Å²) in [6, 6.07) is 4.35. The minimum atomic E-state index is 0.103. The molecule has 94 valence electrons. The second-order valence-electron chi connectivity index (χ2n) is 4.87. The van der Waals surface area contributed by atoms with Crippen molar-refractivity contribution in [3.63, 3.8) is 0 Å². The number of allylic oxidation sites excluding steroid dienone is 1. The number of aromatic nitrogens is 1. The maximum atomic E-state index is 4.57. The van der Waals surface area contributed by atoms with Gasteiger partial charge in [0.15, 0.2) is 0 Å². The van der Waals surface area contributed by atoms with E-state index in [0.717, 1.165) is 25.0 Å². The number of rotatable bonds is 6. The zero-order valence-corrected chi connectivity index (χ0v) is 12.2. The Morgan fingerprint density at radius 2 is 2.12 bits per heavy atom. The molecule has 1 nitrogen and oxygen atoms in total. The predicted molar refractivity (Wildman–Crippen MR) is 78.5 cm³/mol. The molecule has 0 atom stereocenters. The summed E-state index contributed by atoms with van der Waals surface area (Å²) in [4.78, 5) is 4.57. The second-order valence-corrected chi connectivity index (χ2v) is 6.30. The third-order valence-corrected chi connectivity index (χ3v) is 4.45. The number of aryl methyl sites for hydroxylation is 1. The van der Waals surface area contributed by atoms with Gasteiger partial charge in [0.1, 0.15) is 0 Å². The lowest BCUT2D eigenvalue weighted by Crippen LogP contribution is -2.13. The maximum Gasteiger partial charge on any atom is 0.0558 e. The topological polar surface area (TPSA) is 12.9 Å². The van der Waals surface area contributed by atoms with Gasteiger partial charge in [0.05, 0.1) is 10.4 Å².